The van der Waals surface area contributed by atoms with Crippen LogP contribution in [0.15, 0.2) is 71.3 Å². The van der Waals surface area contributed by atoms with E-state index in [4.69, 9.17) is 9.40 Å². The third kappa shape index (κ3) is 2.80. The summed E-state index contributed by atoms with van der Waals surface area (Å²) in [5.74, 6) is 0. The molecule has 31 heavy (non-hydrogen) atoms. The molecule has 0 aliphatic carbocycles. The van der Waals surface area contributed by atoms with Crippen molar-refractivity contribution in [3.8, 4) is 11.3 Å². The number of nitrogens with zero attached hydrogens (tertiary/aromatic N) is 1. The Morgan fingerprint density at radius 1 is 0.839 bits per heavy atom. The van der Waals surface area contributed by atoms with Crippen LogP contribution < -0.4 is 0 Å². The first-order chi connectivity index (χ1) is 14.9. The van der Waals surface area contributed by atoms with E-state index in [2.05, 4.69) is 82.3 Å². The highest BCUT2D eigenvalue weighted by Gasteiger charge is 2.21. The van der Waals surface area contributed by atoms with Gasteiger partial charge in [0.2, 0.25) is 0 Å². The van der Waals surface area contributed by atoms with Crippen LogP contribution in [0.25, 0.3) is 54.1 Å². The number of hydrogen-bond donors (Lipinski definition) is 0. The lowest BCUT2D eigenvalue weighted by atomic mass is 9.82. The Bertz CT molecular complexity index is 1630. The van der Waals surface area contributed by atoms with Gasteiger partial charge in [-0.2, -0.15) is 0 Å². The predicted octanol–water partition coefficient (Wildman–Crippen LogP) is 8.62. The van der Waals surface area contributed by atoms with Crippen LogP contribution in [0, 0.1) is 6.92 Å². The molecule has 3 aromatic carbocycles. The van der Waals surface area contributed by atoms with E-state index in [9.17, 15) is 0 Å². The summed E-state index contributed by atoms with van der Waals surface area (Å²) in [6.45, 7) is 8.99. The molecule has 0 fully saturated rings. The summed E-state index contributed by atoms with van der Waals surface area (Å²) in [4.78, 5) is 6.20. The van der Waals surface area contributed by atoms with E-state index in [1.807, 2.05) is 23.6 Å². The van der Waals surface area contributed by atoms with Gasteiger partial charge in [0.25, 0.3) is 0 Å². The maximum atomic E-state index is 6.28. The molecule has 0 unspecified atom stereocenters. The lowest BCUT2D eigenvalue weighted by Crippen LogP contribution is -2.12. The second-order valence-corrected chi connectivity index (χ2v) is 10.6. The smallest absolute Gasteiger partial charge is 0.139 e. The molecule has 0 amide bonds. The molecule has 0 aliphatic heterocycles. The van der Waals surface area contributed by atoms with Gasteiger partial charge in [-0.1, -0.05) is 45.0 Å². The molecule has 152 valence electrons. The Balaban J connectivity index is 1.76. The molecule has 0 saturated carbocycles. The van der Waals surface area contributed by atoms with Crippen LogP contribution in [0.4, 0.5) is 0 Å². The summed E-state index contributed by atoms with van der Waals surface area (Å²) in [6.07, 6.45) is 1.86. The summed E-state index contributed by atoms with van der Waals surface area (Å²) in [6, 6.07) is 21.7. The molecule has 0 spiro atoms. The number of aryl methyl sites for hydroxylation is 1. The van der Waals surface area contributed by atoms with Gasteiger partial charge in [0, 0.05) is 26.7 Å². The fourth-order valence-electron chi connectivity index (χ4n) is 4.71. The maximum absolute atomic E-state index is 6.28. The van der Waals surface area contributed by atoms with Crippen LogP contribution in [-0.2, 0) is 5.41 Å². The number of fused-ring (bicyclic) bond motifs is 6. The summed E-state index contributed by atoms with van der Waals surface area (Å²) < 4.78 is 7.56. The lowest BCUT2D eigenvalue weighted by Gasteiger charge is -2.22. The highest BCUT2D eigenvalue weighted by atomic mass is 32.1. The van der Waals surface area contributed by atoms with Crippen molar-refractivity contribution in [1.29, 1.82) is 0 Å². The zero-order valence-corrected chi connectivity index (χ0v) is 18.9. The minimum atomic E-state index is 0.0279. The third-order valence-corrected chi connectivity index (χ3v) is 7.18. The van der Waals surface area contributed by atoms with Gasteiger partial charge in [-0.05, 0) is 70.5 Å². The zero-order chi connectivity index (χ0) is 21.3. The Morgan fingerprint density at radius 2 is 1.65 bits per heavy atom. The van der Waals surface area contributed by atoms with Crippen molar-refractivity contribution in [3.05, 3.63) is 77.3 Å². The minimum Gasteiger partial charge on any atom is -0.456 e. The second kappa shape index (κ2) is 6.41. The van der Waals surface area contributed by atoms with E-state index < -0.39 is 0 Å². The lowest BCUT2D eigenvalue weighted by molar-refractivity contribution is 0.596. The number of hydrogen-bond acceptors (Lipinski definition) is 3. The van der Waals surface area contributed by atoms with Gasteiger partial charge < -0.3 is 4.42 Å². The highest BCUT2D eigenvalue weighted by molar-refractivity contribution is 7.20. The summed E-state index contributed by atoms with van der Waals surface area (Å²) in [5, 5.41) is 6.11. The first kappa shape index (κ1) is 18.6. The molecular formula is C28H23NOS. The standard InChI is InChI=1S/C28H23NOS/c1-16-13-18-9-10-22-25(27(18)31-16)24-23(30-22)11-12-29-26(24)19-14-17-7-5-6-8-20(17)21(15-19)28(2,3)4/h5-15H,1-4H3. The van der Waals surface area contributed by atoms with Gasteiger partial charge in [-0.3, -0.25) is 4.98 Å². The number of thiophene rings is 1. The largest absolute Gasteiger partial charge is 0.456 e. The average Bonchev–Trinajstić information content (AvgIpc) is 3.31. The van der Waals surface area contributed by atoms with Crippen molar-refractivity contribution < 1.29 is 4.42 Å². The Labute approximate surface area is 185 Å². The third-order valence-electron chi connectivity index (χ3n) is 6.10. The van der Waals surface area contributed by atoms with Crippen LogP contribution in [0.3, 0.4) is 0 Å². The van der Waals surface area contributed by atoms with Gasteiger partial charge in [-0.25, -0.2) is 0 Å². The average molecular weight is 422 g/mol. The Kier molecular flexibility index (Phi) is 3.85. The quantitative estimate of drug-likeness (QED) is 0.265. The van der Waals surface area contributed by atoms with Crippen LogP contribution in [0.1, 0.15) is 31.2 Å². The molecule has 6 aromatic rings. The molecule has 3 aromatic heterocycles. The van der Waals surface area contributed by atoms with E-state index in [0.717, 1.165) is 27.8 Å². The molecule has 0 N–H and O–H groups in total. The molecule has 6 rings (SSSR count). The minimum absolute atomic E-state index is 0.0279. The summed E-state index contributed by atoms with van der Waals surface area (Å²) >= 11 is 1.83. The molecule has 0 radical (unpaired) electrons. The summed E-state index contributed by atoms with van der Waals surface area (Å²) in [7, 11) is 0. The normalized spacial score (nSPS) is 12.5. The first-order valence-corrected chi connectivity index (χ1v) is 11.5. The van der Waals surface area contributed by atoms with Crippen molar-refractivity contribution >= 4 is 54.1 Å². The fraction of sp³-hybridized carbons (Fsp3) is 0.179. The highest BCUT2D eigenvalue weighted by Crippen LogP contribution is 2.43. The van der Waals surface area contributed by atoms with Gasteiger partial charge in [0.15, 0.2) is 0 Å². The molecule has 0 aliphatic rings. The molecule has 3 heterocycles. The van der Waals surface area contributed by atoms with E-state index in [1.165, 1.54) is 36.7 Å². The monoisotopic (exact) mass is 421 g/mol. The summed E-state index contributed by atoms with van der Waals surface area (Å²) in [5.41, 5.74) is 5.32. The van der Waals surface area contributed by atoms with Crippen molar-refractivity contribution in [3.63, 3.8) is 0 Å². The van der Waals surface area contributed by atoms with Crippen molar-refractivity contribution in [2.45, 2.75) is 33.1 Å². The molecule has 2 nitrogen and oxygen atoms in total. The zero-order valence-electron chi connectivity index (χ0n) is 18.1. The van der Waals surface area contributed by atoms with Gasteiger partial charge >= 0.3 is 0 Å². The van der Waals surface area contributed by atoms with Gasteiger partial charge in [0.05, 0.1) is 11.1 Å². The second-order valence-electron chi connectivity index (χ2n) is 9.34. The number of benzene rings is 3. The Morgan fingerprint density at radius 3 is 2.48 bits per heavy atom. The molecule has 3 heteroatoms. The number of rotatable bonds is 1. The van der Waals surface area contributed by atoms with Crippen LogP contribution in [0.5, 0.6) is 0 Å². The van der Waals surface area contributed by atoms with Crippen LogP contribution >= 0.6 is 11.3 Å². The van der Waals surface area contributed by atoms with Gasteiger partial charge in [-0.15, -0.1) is 11.3 Å². The first-order valence-electron chi connectivity index (χ1n) is 10.6. The maximum Gasteiger partial charge on any atom is 0.139 e. The molecule has 0 atom stereocenters. The molecule has 0 bridgehead atoms. The van der Waals surface area contributed by atoms with Crippen molar-refractivity contribution in [1.82, 2.24) is 4.98 Å². The number of pyridine rings is 1. The van der Waals surface area contributed by atoms with E-state index >= 15 is 0 Å². The van der Waals surface area contributed by atoms with Crippen molar-refractivity contribution in [2.24, 2.45) is 0 Å². The van der Waals surface area contributed by atoms with Crippen LogP contribution in [-0.4, -0.2) is 4.98 Å². The molecule has 0 saturated heterocycles. The van der Waals surface area contributed by atoms with Crippen molar-refractivity contribution in [2.75, 3.05) is 0 Å². The number of furan rings is 1. The topological polar surface area (TPSA) is 26.0 Å². The van der Waals surface area contributed by atoms with E-state index in [1.54, 1.807) is 0 Å². The molecular weight excluding hydrogens is 398 g/mol. The van der Waals surface area contributed by atoms with E-state index in [-0.39, 0.29) is 5.41 Å². The predicted molar refractivity (Wildman–Crippen MR) is 133 cm³/mol. The van der Waals surface area contributed by atoms with Crippen LogP contribution in [0.2, 0.25) is 0 Å². The Hall–Kier alpha value is -3.17. The number of aromatic nitrogens is 1. The van der Waals surface area contributed by atoms with Gasteiger partial charge in [0.1, 0.15) is 11.2 Å². The van der Waals surface area contributed by atoms with E-state index in [0.29, 0.717) is 0 Å². The fourth-order valence-corrected chi connectivity index (χ4v) is 5.77. The SMILES string of the molecule is Cc1cc2ccc3oc4ccnc(-c5cc(C(C)(C)C)c6ccccc6c5)c4c3c2s1.